The Morgan fingerprint density at radius 3 is 2.28 bits per heavy atom. The summed E-state index contributed by atoms with van der Waals surface area (Å²) in [5.41, 5.74) is -0.329. The van der Waals surface area contributed by atoms with Gasteiger partial charge in [-0.15, -0.1) is 6.58 Å². The maximum atomic E-state index is 14.5. The van der Waals surface area contributed by atoms with Crippen molar-refractivity contribution in [1.82, 2.24) is 20.9 Å². The number of hydrogen-bond donors (Lipinski definition) is 3. The maximum Gasteiger partial charge on any atom is 0.408 e. The Balaban J connectivity index is 1.35. The summed E-state index contributed by atoms with van der Waals surface area (Å²) in [6.45, 7) is 16.8. The van der Waals surface area contributed by atoms with Gasteiger partial charge in [-0.05, 0) is 67.6 Å². The van der Waals surface area contributed by atoms with Gasteiger partial charge >= 0.3 is 6.09 Å². The van der Waals surface area contributed by atoms with Crippen molar-refractivity contribution in [2.45, 2.75) is 130 Å². The molecule has 0 spiro atoms. The number of ether oxygens (including phenoxy) is 1. The molecule has 5 rings (SSSR count). The molecule has 1 heterocycles. The maximum absolute atomic E-state index is 14.5. The Morgan fingerprint density at radius 1 is 0.978 bits per heavy atom. The van der Waals surface area contributed by atoms with Crippen molar-refractivity contribution in [2.24, 2.45) is 39.9 Å². The van der Waals surface area contributed by atoms with E-state index in [0.29, 0.717) is 25.3 Å². The van der Waals surface area contributed by atoms with E-state index >= 15 is 0 Å². The molecular formula is C36H56N4O6. The summed E-state index contributed by atoms with van der Waals surface area (Å²) in [6.07, 6.45) is 9.53. The van der Waals surface area contributed by atoms with Gasteiger partial charge < -0.3 is 25.6 Å². The molecular weight excluding hydrogens is 584 g/mol. The zero-order valence-electron chi connectivity index (χ0n) is 28.8. The smallest absolute Gasteiger partial charge is 0.408 e. The number of alkyl carbamates (subject to hydrolysis) is 1. The first kappa shape index (κ1) is 34.4. The van der Waals surface area contributed by atoms with E-state index in [0.717, 1.165) is 51.4 Å². The van der Waals surface area contributed by atoms with Crippen LogP contribution in [0.1, 0.15) is 106 Å². The van der Waals surface area contributed by atoms with Gasteiger partial charge in [-0.2, -0.15) is 0 Å². The summed E-state index contributed by atoms with van der Waals surface area (Å²) in [5.74, 6) is -1.62. The Kier molecular flexibility index (Phi) is 9.69. The number of nitrogens with one attached hydrogen (secondary N) is 3. The van der Waals surface area contributed by atoms with Crippen LogP contribution >= 0.6 is 0 Å². The Bertz CT molecular complexity index is 1240. The summed E-state index contributed by atoms with van der Waals surface area (Å²) in [6, 6.07) is -2.58. The van der Waals surface area contributed by atoms with Crippen LogP contribution < -0.4 is 16.0 Å². The van der Waals surface area contributed by atoms with Gasteiger partial charge in [0.2, 0.25) is 17.6 Å². The van der Waals surface area contributed by atoms with Gasteiger partial charge in [0.15, 0.2) is 0 Å². The molecule has 10 nitrogen and oxygen atoms in total. The first-order chi connectivity index (χ1) is 21.7. The number of hydrogen-bond acceptors (Lipinski definition) is 6. The number of piperidine rings is 1. The molecule has 0 radical (unpaired) electrons. The van der Waals surface area contributed by atoms with Gasteiger partial charge in [0, 0.05) is 23.9 Å². The van der Waals surface area contributed by atoms with Crippen LogP contribution in [0.4, 0.5) is 4.79 Å². The summed E-state index contributed by atoms with van der Waals surface area (Å²) >= 11 is 0. The number of likely N-dealkylation sites (tertiary alicyclic amines) is 1. The van der Waals surface area contributed by atoms with Crippen molar-refractivity contribution in [2.75, 3.05) is 13.1 Å². The number of fused-ring (bicyclic) bond motifs is 3. The Morgan fingerprint density at radius 2 is 1.67 bits per heavy atom. The van der Waals surface area contributed by atoms with E-state index in [1.165, 1.54) is 6.08 Å². The van der Waals surface area contributed by atoms with Crippen LogP contribution in [0.5, 0.6) is 0 Å². The lowest BCUT2D eigenvalue weighted by atomic mass is 9.70. The molecule has 5 aliphatic rings. The van der Waals surface area contributed by atoms with E-state index in [9.17, 15) is 24.0 Å². The normalized spacial score (nSPS) is 33.3. The highest BCUT2D eigenvalue weighted by Crippen LogP contribution is 2.65. The molecule has 5 fully saturated rings. The molecule has 0 aromatic heterocycles. The van der Waals surface area contributed by atoms with Crippen molar-refractivity contribution >= 4 is 29.6 Å². The quantitative estimate of drug-likeness (QED) is 0.212. The summed E-state index contributed by atoms with van der Waals surface area (Å²) in [4.78, 5) is 69.3. The highest BCUT2D eigenvalue weighted by Gasteiger charge is 2.70. The van der Waals surface area contributed by atoms with Gasteiger partial charge in [0.1, 0.15) is 18.2 Å². The zero-order chi connectivity index (χ0) is 33.6. The van der Waals surface area contributed by atoms with Crippen molar-refractivity contribution in [1.29, 1.82) is 0 Å². The van der Waals surface area contributed by atoms with E-state index in [-0.39, 0.29) is 52.6 Å². The number of amides is 4. The highest BCUT2D eigenvalue weighted by atomic mass is 16.6. The fourth-order valence-corrected chi connectivity index (χ4v) is 9.88. The predicted molar refractivity (Wildman–Crippen MR) is 174 cm³/mol. The van der Waals surface area contributed by atoms with E-state index in [2.05, 4.69) is 57.1 Å². The van der Waals surface area contributed by atoms with Crippen LogP contribution in [-0.4, -0.2) is 71.8 Å². The number of carbonyl (C=O) groups excluding carboxylic acids is 5. The molecule has 46 heavy (non-hydrogen) atoms. The van der Waals surface area contributed by atoms with Crippen molar-refractivity contribution in [3.05, 3.63) is 12.7 Å². The van der Waals surface area contributed by atoms with Crippen LogP contribution in [0.15, 0.2) is 12.7 Å². The second kappa shape index (κ2) is 12.9. The topological polar surface area (TPSA) is 134 Å². The SMILES string of the molecule is C=CCNC(=O)C(=O)C(CCC)NC(=O)[C@@H]1[C@@H]2[C@H](CN1C(=O)[C@@H](NC(=O)OC1C3(C)CCC(C3)C1(C)C)C1CCCCC1)C2(C)C. The van der Waals surface area contributed by atoms with E-state index in [1.54, 1.807) is 4.90 Å². The lowest BCUT2D eigenvalue weighted by Gasteiger charge is -2.42. The zero-order valence-corrected chi connectivity index (χ0v) is 28.8. The molecule has 1 aliphatic heterocycles. The van der Waals surface area contributed by atoms with Gasteiger partial charge in [-0.25, -0.2) is 4.79 Å². The first-order valence-electron chi connectivity index (χ1n) is 17.7. The lowest BCUT2D eigenvalue weighted by Crippen LogP contribution is -2.60. The van der Waals surface area contributed by atoms with Gasteiger partial charge in [0.25, 0.3) is 5.91 Å². The first-order valence-corrected chi connectivity index (χ1v) is 17.7. The third-order valence-corrected chi connectivity index (χ3v) is 12.6. The van der Waals surface area contributed by atoms with Gasteiger partial charge in [-0.3, -0.25) is 19.2 Å². The molecule has 4 aliphatic carbocycles. The predicted octanol–water partition coefficient (Wildman–Crippen LogP) is 4.52. The third kappa shape index (κ3) is 6.21. The van der Waals surface area contributed by atoms with Crippen molar-refractivity contribution in [3.63, 3.8) is 0 Å². The third-order valence-electron chi connectivity index (χ3n) is 12.6. The minimum atomic E-state index is -0.992. The molecule has 4 amide bonds. The minimum absolute atomic E-state index is 0.0472. The molecule has 1 saturated heterocycles. The number of rotatable bonds is 12. The fourth-order valence-electron chi connectivity index (χ4n) is 9.88. The van der Waals surface area contributed by atoms with Crippen LogP contribution in [0.25, 0.3) is 0 Å². The minimum Gasteiger partial charge on any atom is -0.445 e. The standard InChI is InChI=1S/C36H56N4O6/c1-8-13-24(28(41)30(43)37-18-9-2)38-29(42)27-25-23(35(25,5)6)20-40(27)31(44)26(21-14-11-10-12-15-21)39-33(45)46-32-34(3,4)22-16-17-36(32,7)19-22/h9,21-27,32H,2,8,10-20H2,1,3-7H3,(H,37,43)(H,38,42)(H,39,45)/t22?,23-,24?,25-,26-,27-,32?,36?/m0/s1. The summed E-state index contributed by atoms with van der Waals surface area (Å²) < 4.78 is 6.21. The van der Waals surface area contributed by atoms with Crippen molar-refractivity contribution in [3.8, 4) is 0 Å². The average molecular weight is 641 g/mol. The molecule has 3 N–H and O–H groups in total. The van der Waals surface area contributed by atoms with Crippen LogP contribution in [0, 0.1) is 39.9 Å². The molecule has 10 heteroatoms. The summed E-state index contributed by atoms with van der Waals surface area (Å²) in [7, 11) is 0. The molecule has 2 bridgehead atoms. The molecule has 256 valence electrons. The Hall–Kier alpha value is -2.91. The van der Waals surface area contributed by atoms with Crippen LogP contribution in [0.2, 0.25) is 0 Å². The molecule has 0 aromatic carbocycles. The van der Waals surface area contributed by atoms with E-state index in [1.807, 2.05) is 6.92 Å². The van der Waals surface area contributed by atoms with Crippen LogP contribution in [-0.2, 0) is 23.9 Å². The monoisotopic (exact) mass is 640 g/mol. The largest absolute Gasteiger partial charge is 0.445 e. The molecule has 4 saturated carbocycles. The Labute approximate surface area is 274 Å². The van der Waals surface area contributed by atoms with E-state index in [4.69, 9.17) is 4.74 Å². The molecule has 8 atom stereocenters. The number of carbonyl (C=O) groups is 5. The van der Waals surface area contributed by atoms with Gasteiger partial charge in [0.05, 0.1) is 6.04 Å². The van der Waals surface area contributed by atoms with E-state index < -0.39 is 41.8 Å². The summed E-state index contributed by atoms with van der Waals surface area (Å²) in [5, 5.41) is 8.39. The molecule has 4 unspecified atom stereocenters. The second-order valence-electron chi connectivity index (χ2n) is 16.3. The highest BCUT2D eigenvalue weighted by molar-refractivity contribution is 6.38. The number of ketones is 1. The number of nitrogens with zero attached hydrogens (tertiary/aromatic N) is 1. The number of Topliss-reactive ketones (excluding diaryl/α,β-unsaturated/α-hetero) is 1. The van der Waals surface area contributed by atoms with Crippen molar-refractivity contribution < 1.29 is 28.7 Å². The fraction of sp³-hybridized carbons (Fsp3) is 0.806. The average Bonchev–Trinajstić information content (AvgIpc) is 3.40. The van der Waals surface area contributed by atoms with Gasteiger partial charge in [-0.1, -0.05) is 73.3 Å². The van der Waals surface area contributed by atoms with Crippen LogP contribution in [0.3, 0.4) is 0 Å². The molecule has 0 aromatic rings. The lowest BCUT2D eigenvalue weighted by molar-refractivity contribution is -0.145. The second-order valence-corrected chi connectivity index (χ2v) is 16.3.